The Bertz CT molecular complexity index is 459. The van der Waals surface area contributed by atoms with Crippen LogP contribution in [-0.4, -0.2) is 18.5 Å². The van der Waals surface area contributed by atoms with E-state index in [0.29, 0.717) is 20.8 Å². The summed E-state index contributed by atoms with van der Waals surface area (Å²) in [6.07, 6.45) is 3.00. The van der Waals surface area contributed by atoms with Crippen LogP contribution in [0, 0.1) is 0 Å². The minimum atomic E-state index is -0.163. The Hall–Kier alpha value is -0.480. The first-order valence-electron chi connectivity index (χ1n) is 5.76. The Kier molecular flexibility index (Phi) is 4.73. The van der Waals surface area contributed by atoms with Gasteiger partial charge in [0.1, 0.15) is 0 Å². The fourth-order valence-electron chi connectivity index (χ4n) is 1.91. The number of hydrogen-bond donors (Lipinski definition) is 2. The van der Waals surface area contributed by atoms with Crippen molar-refractivity contribution < 1.29 is 4.79 Å². The van der Waals surface area contributed by atoms with Gasteiger partial charge in [-0.1, -0.05) is 41.2 Å². The lowest BCUT2D eigenvalue weighted by molar-refractivity contribution is -0.118. The van der Waals surface area contributed by atoms with E-state index in [1.807, 2.05) is 0 Å². The molecule has 18 heavy (non-hydrogen) atoms. The van der Waals surface area contributed by atoms with Gasteiger partial charge in [0.15, 0.2) is 0 Å². The molecule has 1 aliphatic rings. The Labute approximate surface area is 121 Å². The van der Waals surface area contributed by atoms with Crippen molar-refractivity contribution in [1.29, 1.82) is 0 Å². The van der Waals surface area contributed by atoms with Gasteiger partial charge in [0.2, 0.25) is 5.91 Å². The van der Waals surface area contributed by atoms with E-state index in [-0.39, 0.29) is 11.9 Å². The van der Waals surface area contributed by atoms with Crippen LogP contribution in [0.4, 0.5) is 5.69 Å². The Morgan fingerprint density at radius 3 is 2.56 bits per heavy atom. The lowest BCUT2D eigenvalue weighted by Crippen LogP contribution is -2.43. The second-order valence-electron chi connectivity index (χ2n) is 4.24. The summed E-state index contributed by atoms with van der Waals surface area (Å²) in [5.74, 6) is -0.0880. The third-order valence-corrected chi connectivity index (χ3v) is 3.93. The van der Waals surface area contributed by atoms with Crippen LogP contribution in [-0.2, 0) is 4.79 Å². The smallest absolute Gasteiger partial charge is 0.241 e. The van der Waals surface area contributed by atoms with Crippen LogP contribution in [0.5, 0.6) is 0 Å². The predicted molar refractivity (Wildman–Crippen MR) is 75.7 cm³/mol. The van der Waals surface area contributed by atoms with E-state index in [1.54, 1.807) is 6.07 Å². The summed E-state index contributed by atoms with van der Waals surface area (Å²) >= 11 is 17.7. The monoisotopic (exact) mass is 306 g/mol. The summed E-state index contributed by atoms with van der Waals surface area (Å²) in [6, 6.07) is 2.92. The van der Waals surface area contributed by atoms with Crippen molar-refractivity contribution in [2.24, 2.45) is 0 Å². The maximum absolute atomic E-state index is 12.0. The molecule has 98 valence electrons. The molecule has 2 N–H and O–H groups in total. The van der Waals surface area contributed by atoms with Gasteiger partial charge < -0.3 is 10.6 Å². The lowest BCUT2D eigenvalue weighted by Gasteiger charge is -2.22. The fraction of sp³-hybridized carbons (Fsp3) is 0.417. The van der Waals surface area contributed by atoms with Crippen LogP contribution in [0.2, 0.25) is 15.1 Å². The van der Waals surface area contributed by atoms with Gasteiger partial charge in [0.25, 0.3) is 0 Å². The van der Waals surface area contributed by atoms with Gasteiger partial charge >= 0.3 is 0 Å². The number of benzene rings is 1. The Morgan fingerprint density at radius 2 is 1.89 bits per heavy atom. The van der Waals surface area contributed by atoms with Gasteiger partial charge in [0.05, 0.1) is 26.8 Å². The summed E-state index contributed by atoms with van der Waals surface area (Å²) in [4.78, 5) is 12.0. The van der Waals surface area contributed by atoms with E-state index >= 15 is 0 Å². The minimum absolute atomic E-state index is 0.0880. The SMILES string of the molecule is O=C(Nc1cc(Cl)c(Cl)cc1Cl)C1CCCCN1. The highest BCUT2D eigenvalue weighted by Crippen LogP contribution is 2.32. The summed E-state index contributed by atoms with van der Waals surface area (Å²) in [7, 11) is 0. The van der Waals surface area contributed by atoms with E-state index in [1.165, 1.54) is 6.07 Å². The number of carbonyl (C=O) groups excluding carboxylic acids is 1. The average molecular weight is 308 g/mol. The maximum Gasteiger partial charge on any atom is 0.241 e. The number of carbonyl (C=O) groups is 1. The predicted octanol–water partition coefficient (Wildman–Crippen LogP) is 3.73. The van der Waals surface area contributed by atoms with E-state index in [9.17, 15) is 4.79 Å². The third kappa shape index (κ3) is 3.29. The summed E-state index contributed by atoms with van der Waals surface area (Å²) in [5.41, 5.74) is 0.489. The number of piperidine rings is 1. The van der Waals surface area contributed by atoms with Crippen LogP contribution in [0.15, 0.2) is 12.1 Å². The lowest BCUT2D eigenvalue weighted by atomic mass is 10.0. The number of anilines is 1. The summed E-state index contributed by atoms with van der Waals surface area (Å²) < 4.78 is 0. The maximum atomic E-state index is 12.0. The van der Waals surface area contributed by atoms with E-state index < -0.39 is 0 Å². The van der Waals surface area contributed by atoms with E-state index in [4.69, 9.17) is 34.8 Å². The molecule has 1 fully saturated rings. The molecule has 0 radical (unpaired) electrons. The summed E-state index contributed by atoms with van der Waals surface area (Å²) in [6.45, 7) is 0.868. The highest BCUT2D eigenvalue weighted by atomic mass is 35.5. The number of rotatable bonds is 2. The van der Waals surface area contributed by atoms with Gasteiger partial charge in [-0.2, -0.15) is 0 Å². The second-order valence-corrected chi connectivity index (χ2v) is 5.46. The fourth-order valence-corrected chi connectivity index (χ4v) is 2.51. The Balaban J connectivity index is 2.08. The van der Waals surface area contributed by atoms with Crippen molar-refractivity contribution in [3.05, 3.63) is 27.2 Å². The largest absolute Gasteiger partial charge is 0.323 e. The van der Waals surface area contributed by atoms with Crippen molar-refractivity contribution in [3.8, 4) is 0 Å². The molecular weight excluding hydrogens is 295 g/mol. The van der Waals surface area contributed by atoms with Gasteiger partial charge in [-0.05, 0) is 31.5 Å². The molecule has 1 heterocycles. The molecular formula is C12H13Cl3N2O. The second kappa shape index (κ2) is 6.11. The minimum Gasteiger partial charge on any atom is -0.323 e. The molecule has 1 saturated heterocycles. The van der Waals surface area contributed by atoms with Crippen molar-refractivity contribution >= 4 is 46.4 Å². The highest BCUT2D eigenvalue weighted by Gasteiger charge is 2.21. The molecule has 2 rings (SSSR count). The first-order chi connectivity index (χ1) is 8.58. The highest BCUT2D eigenvalue weighted by molar-refractivity contribution is 6.44. The first kappa shape index (κ1) is 13.9. The molecule has 1 amide bonds. The molecule has 1 aromatic rings. The zero-order valence-electron chi connectivity index (χ0n) is 9.60. The van der Waals surface area contributed by atoms with E-state index in [0.717, 1.165) is 25.8 Å². The van der Waals surface area contributed by atoms with Crippen LogP contribution in [0.3, 0.4) is 0 Å². The standard InChI is InChI=1S/C12H13Cl3N2O/c13-7-5-9(15)11(6-8(7)14)17-12(18)10-3-1-2-4-16-10/h5-6,10,16H,1-4H2,(H,17,18). The molecule has 0 bridgehead atoms. The van der Waals surface area contributed by atoms with E-state index in [2.05, 4.69) is 10.6 Å². The van der Waals surface area contributed by atoms with Crippen LogP contribution >= 0.6 is 34.8 Å². The average Bonchev–Trinajstić information content (AvgIpc) is 2.37. The summed E-state index contributed by atoms with van der Waals surface area (Å²) in [5, 5.41) is 7.06. The van der Waals surface area contributed by atoms with Gasteiger partial charge in [-0.3, -0.25) is 4.79 Å². The topological polar surface area (TPSA) is 41.1 Å². The molecule has 1 aliphatic heterocycles. The molecule has 0 aromatic heterocycles. The number of amides is 1. The third-order valence-electron chi connectivity index (χ3n) is 2.89. The molecule has 1 atom stereocenters. The van der Waals surface area contributed by atoms with Gasteiger partial charge in [-0.25, -0.2) is 0 Å². The van der Waals surface area contributed by atoms with Crippen LogP contribution in [0.25, 0.3) is 0 Å². The number of nitrogens with one attached hydrogen (secondary N) is 2. The number of hydrogen-bond acceptors (Lipinski definition) is 2. The van der Waals surface area contributed by atoms with Crippen molar-refractivity contribution in [2.45, 2.75) is 25.3 Å². The number of halogens is 3. The van der Waals surface area contributed by atoms with Crippen molar-refractivity contribution in [2.75, 3.05) is 11.9 Å². The van der Waals surface area contributed by atoms with Crippen molar-refractivity contribution in [3.63, 3.8) is 0 Å². The molecule has 3 nitrogen and oxygen atoms in total. The molecule has 0 aliphatic carbocycles. The zero-order valence-corrected chi connectivity index (χ0v) is 11.9. The Morgan fingerprint density at radius 1 is 1.17 bits per heavy atom. The zero-order chi connectivity index (χ0) is 13.1. The first-order valence-corrected chi connectivity index (χ1v) is 6.90. The van der Waals surface area contributed by atoms with Crippen molar-refractivity contribution in [1.82, 2.24) is 5.32 Å². The van der Waals surface area contributed by atoms with Crippen LogP contribution in [0.1, 0.15) is 19.3 Å². The quantitative estimate of drug-likeness (QED) is 0.818. The molecule has 1 unspecified atom stereocenters. The molecule has 1 aromatic carbocycles. The van der Waals surface area contributed by atoms with Gasteiger partial charge in [-0.15, -0.1) is 0 Å². The molecule has 0 spiro atoms. The van der Waals surface area contributed by atoms with Crippen LogP contribution < -0.4 is 10.6 Å². The molecule has 6 heteroatoms. The normalized spacial score (nSPS) is 19.6. The van der Waals surface area contributed by atoms with Gasteiger partial charge in [0, 0.05) is 0 Å². The molecule has 0 saturated carbocycles.